The van der Waals surface area contributed by atoms with Gasteiger partial charge < -0.3 is 4.90 Å². The Morgan fingerprint density at radius 1 is 1.19 bits per heavy atom. The van der Waals surface area contributed by atoms with E-state index >= 15 is 0 Å². The van der Waals surface area contributed by atoms with Crippen molar-refractivity contribution in [3.63, 3.8) is 0 Å². The molecule has 3 heteroatoms. The van der Waals surface area contributed by atoms with E-state index < -0.39 is 0 Å². The highest BCUT2D eigenvalue weighted by molar-refractivity contribution is 8.00. The first-order valence-corrected chi connectivity index (χ1v) is 8.23. The Labute approximate surface area is 130 Å². The van der Waals surface area contributed by atoms with Crippen LogP contribution in [-0.4, -0.2) is 17.7 Å². The standard InChI is InChI=1S/C18H19NOS/c1-13-7-9-16(10-8-13)21-12-18(20)19-14(2)11-15-5-3-4-6-17(15)19/h3-10,14H,11-12H2,1-2H3. The fraction of sp³-hybridized carbons (Fsp3) is 0.278. The van der Waals surface area contributed by atoms with Crippen LogP contribution in [0.3, 0.4) is 0 Å². The number of thioether (sulfide) groups is 1. The topological polar surface area (TPSA) is 20.3 Å². The number of fused-ring (bicyclic) bond motifs is 1. The molecule has 0 saturated heterocycles. The monoisotopic (exact) mass is 297 g/mol. The van der Waals surface area contributed by atoms with Crippen LogP contribution < -0.4 is 4.90 Å². The summed E-state index contributed by atoms with van der Waals surface area (Å²) in [4.78, 5) is 15.7. The number of aryl methyl sites for hydroxylation is 1. The molecule has 0 N–H and O–H groups in total. The number of hydrogen-bond acceptors (Lipinski definition) is 2. The van der Waals surface area contributed by atoms with Crippen LogP contribution in [0.25, 0.3) is 0 Å². The maximum atomic E-state index is 12.6. The Kier molecular flexibility index (Phi) is 4.02. The summed E-state index contributed by atoms with van der Waals surface area (Å²) < 4.78 is 0. The number of amides is 1. The number of benzene rings is 2. The normalized spacial score (nSPS) is 16.9. The first kappa shape index (κ1) is 14.2. The Bertz CT molecular complexity index is 651. The quantitative estimate of drug-likeness (QED) is 0.796. The molecule has 1 aliphatic rings. The van der Waals surface area contributed by atoms with E-state index in [0.29, 0.717) is 5.75 Å². The number of carbonyl (C=O) groups is 1. The summed E-state index contributed by atoms with van der Waals surface area (Å²) in [7, 11) is 0. The molecule has 0 saturated carbocycles. The molecule has 0 radical (unpaired) electrons. The van der Waals surface area contributed by atoms with E-state index in [1.165, 1.54) is 11.1 Å². The van der Waals surface area contributed by atoms with Gasteiger partial charge in [0.15, 0.2) is 0 Å². The van der Waals surface area contributed by atoms with Crippen LogP contribution in [0.4, 0.5) is 5.69 Å². The predicted molar refractivity (Wildman–Crippen MR) is 89.0 cm³/mol. The molecule has 1 amide bonds. The molecule has 2 nitrogen and oxygen atoms in total. The minimum atomic E-state index is 0.193. The van der Waals surface area contributed by atoms with Crippen LogP contribution in [0.5, 0.6) is 0 Å². The summed E-state index contributed by atoms with van der Waals surface area (Å²) in [6, 6.07) is 16.8. The average molecular weight is 297 g/mol. The lowest BCUT2D eigenvalue weighted by Crippen LogP contribution is -2.36. The van der Waals surface area contributed by atoms with Gasteiger partial charge in [-0.05, 0) is 44.0 Å². The summed E-state index contributed by atoms with van der Waals surface area (Å²) in [5.74, 6) is 0.680. The van der Waals surface area contributed by atoms with Crippen LogP contribution in [0.1, 0.15) is 18.1 Å². The zero-order valence-electron chi connectivity index (χ0n) is 12.4. The molecule has 21 heavy (non-hydrogen) atoms. The molecule has 1 unspecified atom stereocenters. The highest BCUT2D eigenvalue weighted by Gasteiger charge is 2.30. The molecule has 0 fully saturated rings. The van der Waals surface area contributed by atoms with Gasteiger partial charge in [-0.2, -0.15) is 0 Å². The van der Waals surface area contributed by atoms with Crippen molar-refractivity contribution < 1.29 is 4.79 Å². The van der Waals surface area contributed by atoms with E-state index in [4.69, 9.17) is 0 Å². The summed E-state index contributed by atoms with van der Waals surface area (Å²) >= 11 is 1.61. The Balaban J connectivity index is 1.70. The second-order valence-corrected chi connectivity index (χ2v) is 6.60. The first-order chi connectivity index (χ1) is 10.1. The fourth-order valence-electron chi connectivity index (χ4n) is 2.79. The zero-order chi connectivity index (χ0) is 14.8. The first-order valence-electron chi connectivity index (χ1n) is 7.24. The van der Waals surface area contributed by atoms with Gasteiger partial charge >= 0.3 is 0 Å². The van der Waals surface area contributed by atoms with Crippen molar-refractivity contribution in [3.05, 3.63) is 59.7 Å². The second-order valence-electron chi connectivity index (χ2n) is 5.55. The van der Waals surface area contributed by atoms with E-state index in [9.17, 15) is 4.79 Å². The Morgan fingerprint density at radius 2 is 1.90 bits per heavy atom. The SMILES string of the molecule is Cc1ccc(SCC(=O)N2c3ccccc3CC2C)cc1. The Hall–Kier alpha value is -1.74. The van der Waals surface area contributed by atoms with Crippen molar-refractivity contribution in [1.29, 1.82) is 0 Å². The summed E-state index contributed by atoms with van der Waals surface area (Å²) in [5, 5.41) is 0. The highest BCUT2D eigenvalue weighted by atomic mass is 32.2. The predicted octanol–water partition coefficient (Wildman–Crippen LogP) is 4.06. The van der Waals surface area contributed by atoms with Crippen LogP contribution in [0.15, 0.2) is 53.4 Å². The summed E-state index contributed by atoms with van der Waals surface area (Å²) in [6.07, 6.45) is 0.955. The molecule has 3 rings (SSSR count). The molecule has 0 aromatic heterocycles. The van der Waals surface area contributed by atoms with Crippen molar-refractivity contribution >= 4 is 23.4 Å². The number of hydrogen-bond donors (Lipinski definition) is 0. The summed E-state index contributed by atoms with van der Waals surface area (Å²) in [6.45, 7) is 4.19. The van der Waals surface area contributed by atoms with E-state index in [0.717, 1.165) is 17.0 Å². The summed E-state index contributed by atoms with van der Waals surface area (Å²) in [5.41, 5.74) is 3.60. The van der Waals surface area contributed by atoms with Crippen LogP contribution >= 0.6 is 11.8 Å². The van der Waals surface area contributed by atoms with Crippen molar-refractivity contribution in [2.75, 3.05) is 10.7 Å². The largest absolute Gasteiger partial charge is 0.308 e. The molecule has 1 heterocycles. The third-order valence-corrected chi connectivity index (χ3v) is 4.86. The van der Waals surface area contributed by atoms with Gasteiger partial charge in [-0.1, -0.05) is 35.9 Å². The zero-order valence-corrected chi connectivity index (χ0v) is 13.2. The second kappa shape index (κ2) is 5.94. The van der Waals surface area contributed by atoms with Gasteiger partial charge in [-0.15, -0.1) is 11.8 Å². The minimum absolute atomic E-state index is 0.193. The van der Waals surface area contributed by atoms with E-state index in [2.05, 4.69) is 44.2 Å². The van der Waals surface area contributed by atoms with E-state index in [1.807, 2.05) is 23.1 Å². The third kappa shape index (κ3) is 2.98. The van der Waals surface area contributed by atoms with Gasteiger partial charge in [0.2, 0.25) is 5.91 Å². The number of para-hydroxylation sites is 1. The molecule has 1 atom stereocenters. The lowest BCUT2D eigenvalue weighted by molar-refractivity contribution is -0.116. The van der Waals surface area contributed by atoms with Gasteiger partial charge in [0.1, 0.15) is 0 Å². The highest BCUT2D eigenvalue weighted by Crippen LogP contribution is 2.32. The van der Waals surface area contributed by atoms with Gasteiger partial charge in [0, 0.05) is 16.6 Å². The molecule has 0 aliphatic carbocycles. The van der Waals surface area contributed by atoms with Crippen LogP contribution in [0, 0.1) is 6.92 Å². The van der Waals surface area contributed by atoms with Crippen LogP contribution in [-0.2, 0) is 11.2 Å². The maximum Gasteiger partial charge on any atom is 0.237 e. The average Bonchev–Trinajstić information content (AvgIpc) is 2.82. The fourth-order valence-corrected chi connectivity index (χ4v) is 3.55. The lowest BCUT2D eigenvalue weighted by atomic mass is 10.1. The number of carbonyl (C=O) groups excluding carboxylic acids is 1. The van der Waals surface area contributed by atoms with Crippen molar-refractivity contribution in [2.45, 2.75) is 31.2 Å². The maximum absolute atomic E-state index is 12.6. The number of anilines is 1. The minimum Gasteiger partial charge on any atom is -0.308 e. The number of rotatable bonds is 3. The van der Waals surface area contributed by atoms with Crippen molar-refractivity contribution in [3.8, 4) is 0 Å². The smallest absolute Gasteiger partial charge is 0.237 e. The van der Waals surface area contributed by atoms with Gasteiger partial charge in [0.25, 0.3) is 0 Å². The van der Waals surface area contributed by atoms with Gasteiger partial charge in [0.05, 0.1) is 5.75 Å². The molecular formula is C18H19NOS. The van der Waals surface area contributed by atoms with Crippen molar-refractivity contribution in [1.82, 2.24) is 0 Å². The lowest BCUT2D eigenvalue weighted by Gasteiger charge is -2.22. The molecule has 2 aromatic rings. The molecule has 2 aromatic carbocycles. The molecular weight excluding hydrogens is 278 g/mol. The molecule has 0 spiro atoms. The van der Waals surface area contributed by atoms with Gasteiger partial charge in [-0.25, -0.2) is 0 Å². The number of nitrogens with zero attached hydrogens (tertiary/aromatic N) is 1. The van der Waals surface area contributed by atoms with Crippen molar-refractivity contribution in [2.24, 2.45) is 0 Å². The Morgan fingerprint density at radius 3 is 2.67 bits per heavy atom. The van der Waals surface area contributed by atoms with Crippen LogP contribution in [0.2, 0.25) is 0 Å². The van der Waals surface area contributed by atoms with Gasteiger partial charge in [-0.3, -0.25) is 4.79 Å². The van der Waals surface area contributed by atoms with E-state index in [1.54, 1.807) is 11.8 Å². The third-order valence-electron chi connectivity index (χ3n) is 3.86. The van der Waals surface area contributed by atoms with E-state index in [-0.39, 0.29) is 11.9 Å². The molecule has 0 bridgehead atoms. The molecule has 108 valence electrons. The molecule has 1 aliphatic heterocycles.